The number of nitrogens with one attached hydrogen (secondary N) is 1. The van der Waals surface area contributed by atoms with Gasteiger partial charge in [0.15, 0.2) is 0 Å². The van der Waals surface area contributed by atoms with Gasteiger partial charge in [0.2, 0.25) is 5.95 Å². The predicted octanol–water partition coefficient (Wildman–Crippen LogP) is 1.50. The molecule has 8 heteroatoms. The zero-order valence-corrected chi connectivity index (χ0v) is 10.9. The molecule has 0 aliphatic heterocycles. The lowest BCUT2D eigenvalue weighted by Crippen LogP contribution is -2.16. The Hall–Kier alpha value is -2.92. The number of nitrogen functional groups attached to an aromatic ring is 1. The molecular weight excluding hydrogens is 276 g/mol. The number of thiophene rings is 1. The minimum Gasteiger partial charge on any atom is -0.367 e. The van der Waals surface area contributed by atoms with Gasteiger partial charge in [-0.25, -0.2) is 9.50 Å². The molecule has 0 atom stereocenters. The molecule has 0 unspecified atom stereocenters. The molecule has 0 radical (unpaired) electrons. The highest BCUT2D eigenvalue weighted by Crippen LogP contribution is 2.21. The molecule has 0 bridgehead atoms. The number of aromatic nitrogens is 3. The highest BCUT2D eigenvalue weighted by Gasteiger charge is 2.14. The normalized spacial score (nSPS) is 10.3. The lowest BCUT2D eigenvalue weighted by molar-refractivity contribution is 0.102. The van der Waals surface area contributed by atoms with Crippen LogP contribution in [-0.2, 0) is 0 Å². The maximum atomic E-state index is 12.2. The van der Waals surface area contributed by atoms with Gasteiger partial charge >= 0.3 is 0 Å². The van der Waals surface area contributed by atoms with Gasteiger partial charge in [-0.3, -0.25) is 4.79 Å². The molecule has 0 fully saturated rings. The van der Waals surface area contributed by atoms with Gasteiger partial charge in [0.25, 0.3) is 5.91 Å². The van der Waals surface area contributed by atoms with Crippen LogP contribution in [0.25, 0.3) is 5.52 Å². The topological polar surface area (TPSA) is 109 Å². The fourth-order valence-electron chi connectivity index (χ4n) is 1.77. The Morgan fingerprint density at radius 3 is 3.10 bits per heavy atom. The summed E-state index contributed by atoms with van der Waals surface area (Å²) in [7, 11) is 0. The summed E-state index contributed by atoms with van der Waals surface area (Å²) in [5.41, 5.74) is 6.99. The summed E-state index contributed by atoms with van der Waals surface area (Å²) in [5, 5.41) is 17.3. The van der Waals surface area contributed by atoms with E-state index >= 15 is 0 Å². The number of hydrogen-bond donors (Lipinski definition) is 2. The second kappa shape index (κ2) is 4.64. The average Bonchev–Trinajstić information content (AvgIpc) is 3.04. The Morgan fingerprint density at radius 2 is 2.30 bits per heavy atom. The number of hydrogen-bond acceptors (Lipinski definition) is 6. The smallest absolute Gasteiger partial charge is 0.274 e. The first-order valence-electron chi connectivity index (χ1n) is 5.58. The van der Waals surface area contributed by atoms with Crippen LogP contribution in [0.2, 0.25) is 0 Å². The SMILES string of the molecule is N#Cc1sccc1NC(=O)c1ccc2cnc(N)nn12. The van der Waals surface area contributed by atoms with E-state index in [1.165, 1.54) is 22.0 Å². The summed E-state index contributed by atoms with van der Waals surface area (Å²) in [6.07, 6.45) is 1.53. The Bertz CT molecular complexity index is 843. The molecule has 3 aromatic heterocycles. The molecule has 3 aromatic rings. The van der Waals surface area contributed by atoms with Crippen LogP contribution >= 0.6 is 11.3 Å². The van der Waals surface area contributed by atoms with Gasteiger partial charge in [0, 0.05) is 0 Å². The van der Waals surface area contributed by atoms with Crippen LogP contribution in [0, 0.1) is 11.3 Å². The van der Waals surface area contributed by atoms with Crippen LogP contribution in [0.4, 0.5) is 11.6 Å². The van der Waals surface area contributed by atoms with Gasteiger partial charge < -0.3 is 11.1 Å². The standard InChI is InChI=1S/C12H8N6OS/c13-5-10-8(3-4-20-10)16-11(19)9-2-1-7-6-15-12(14)17-18(7)9/h1-4,6H,(H2,14,17)(H,16,19). The number of anilines is 2. The first-order chi connectivity index (χ1) is 9.69. The molecule has 0 aromatic carbocycles. The molecule has 20 heavy (non-hydrogen) atoms. The molecule has 3 N–H and O–H groups in total. The van der Waals surface area contributed by atoms with Crippen molar-refractivity contribution >= 4 is 34.4 Å². The van der Waals surface area contributed by atoms with Crippen LogP contribution < -0.4 is 11.1 Å². The zero-order chi connectivity index (χ0) is 14.1. The first kappa shape index (κ1) is 12.1. The minimum absolute atomic E-state index is 0.0796. The van der Waals surface area contributed by atoms with Crippen molar-refractivity contribution < 1.29 is 4.79 Å². The Kier molecular flexibility index (Phi) is 2.81. The number of rotatable bonds is 2. The van der Waals surface area contributed by atoms with Crippen molar-refractivity contribution in [3.05, 3.63) is 40.3 Å². The van der Waals surface area contributed by atoms with Gasteiger partial charge in [-0.2, -0.15) is 5.26 Å². The fourth-order valence-corrected chi connectivity index (χ4v) is 2.41. The molecule has 0 aliphatic carbocycles. The third-order valence-electron chi connectivity index (χ3n) is 2.66. The molecule has 0 spiro atoms. The average molecular weight is 284 g/mol. The predicted molar refractivity (Wildman–Crippen MR) is 74.4 cm³/mol. The Labute approximate surface area is 117 Å². The van der Waals surface area contributed by atoms with Crippen molar-refractivity contribution in [2.45, 2.75) is 0 Å². The summed E-state index contributed by atoms with van der Waals surface area (Å²) in [5.74, 6) is -0.283. The highest BCUT2D eigenvalue weighted by atomic mass is 32.1. The van der Waals surface area contributed by atoms with E-state index in [-0.39, 0.29) is 11.9 Å². The van der Waals surface area contributed by atoms with E-state index in [2.05, 4.69) is 15.4 Å². The van der Waals surface area contributed by atoms with Crippen molar-refractivity contribution in [2.75, 3.05) is 11.1 Å². The van der Waals surface area contributed by atoms with E-state index in [1.807, 2.05) is 6.07 Å². The molecule has 7 nitrogen and oxygen atoms in total. The van der Waals surface area contributed by atoms with E-state index in [1.54, 1.807) is 23.6 Å². The summed E-state index contributed by atoms with van der Waals surface area (Å²) in [6.45, 7) is 0. The number of carbonyl (C=O) groups excluding carboxylic acids is 1. The summed E-state index contributed by atoms with van der Waals surface area (Å²) >= 11 is 1.27. The van der Waals surface area contributed by atoms with Crippen LogP contribution in [0.5, 0.6) is 0 Å². The quantitative estimate of drug-likeness (QED) is 0.741. The molecule has 0 saturated carbocycles. The number of nitrogens with zero attached hydrogens (tertiary/aromatic N) is 4. The fraction of sp³-hybridized carbons (Fsp3) is 0. The lowest BCUT2D eigenvalue weighted by Gasteiger charge is -2.04. The van der Waals surface area contributed by atoms with Gasteiger partial charge in [0.05, 0.1) is 17.4 Å². The molecule has 3 rings (SSSR count). The summed E-state index contributed by atoms with van der Waals surface area (Å²) < 4.78 is 1.41. The second-order valence-electron chi connectivity index (χ2n) is 3.90. The third kappa shape index (κ3) is 1.96. The Balaban J connectivity index is 1.97. The van der Waals surface area contributed by atoms with Crippen molar-refractivity contribution in [2.24, 2.45) is 0 Å². The van der Waals surface area contributed by atoms with Crippen LogP contribution in [0.3, 0.4) is 0 Å². The molecular formula is C12H8N6OS. The summed E-state index contributed by atoms with van der Waals surface area (Å²) in [4.78, 5) is 16.5. The molecule has 3 heterocycles. The maximum absolute atomic E-state index is 12.2. The van der Waals surface area contributed by atoms with Gasteiger partial charge in [-0.15, -0.1) is 16.4 Å². The van der Waals surface area contributed by atoms with Gasteiger partial charge in [-0.1, -0.05) is 0 Å². The van der Waals surface area contributed by atoms with E-state index in [9.17, 15) is 4.79 Å². The number of fused-ring (bicyclic) bond motifs is 1. The second-order valence-corrected chi connectivity index (χ2v) is 4.82. The number of nitrogens with two attached hydrogens (primary N) is 1. The summed E-state index contributed by atoms with van der Waals surface area (Å²) in [6, 6.07) is 7.04. The minimum atomic E-state index is -0.363. The molecule has 0 saturated heterocycles. The first-order valence-corrected chi connectivity index (χ1v) is 6.46. The van der Waals surface area contributed by atoms with E-state index in [4.69, 9.17) is 11.0 Å². The third-order valence-corrected chi connectivity index (χ3v) is 3.48. The van der Waals surface area contributed by atoms with Crippen molar-refractivity contribution in [1.29, 1.82) is 5.26 Å². The number of nitriles is 1. The van der Waals surface area contributed by atoms with Crippen molar-refractivity contribution in [3.63, 3.8) is 0 Å². The van der Waals surface area contributed by atoms with Crippen LogP contribution in [0.1, 0.15) is 15.4 Å². The van der Waals surface area contributed by atoms with E-state index < -0.39 is 0 Å². The van der Waals surface area contributed by atoms with Gasteiger partial charge in [-0.05, 0) is 23.6 Å². The number of amides is 1. The molecule has 0 aliphatic rings. The molecule has 98 valence electrons. The molecule has 1 amide bonds. The Morgan fingerprint density at radius 1 is 1.45 bits per heavy atom. The van der Waals surface area contributed by atoms with E-state index in [0.717, 1.165) is 0 Å². The highest BCUT2D eigenvalue weighted by molar-refractivity contribution is 7.11. The van der Waals surface area contributed by atoms with Crippen molar-refractivity contribution in [1.82, 2.24) is 14.6 Å². The monoisotopic (exact) mass is 284 g/mol. The maximum Gasteiger partial charge on any atom is 0.274 e. The van der Waals surface area contributed by atoms with Crippen molar-refractivity contribution in [3.8, 4) is 6.07 Å². The van der Waals surface area contributed by atoms with Crippen LogP contribution in [-0.4, -0.2) is 20.5 Å². The van der Waals surface area contributed by atoms with Crippen LogP contribution in [0.15, 0.2) is 29.8 Å². The van der Waals surface area contributed by atoms with Gasteiger partial charge in [0.1, 0.15) is 16.6 Å². The van der Waals surface area contributed by atoms with E-state index in [0.29, 0.717) is 21.8 Å². The zero-order valence-electron chi connectivity index (χ0n) is 10.1. The largest absolute Gasteiger partial charge is 0.367 e. The lowest BCUT2D eigenvalue weighted by atomic mass is 10.3. The number of carbonyl (C=O) groups is 1.